The number of hydrogen-bond donors (Lipinski definition) is 1. The molecule has 0 radical (unpaired) electrons. The monoisotopic (exact) mass is 293 g/mol. The van der Waals surface area contributed by atoms with Crippen LogP contribution >= 0.6 is 11.6 Å². The molecule has 5 nitrogen and oxygen atoms in total. The number of halogens is 1. The van der Waals surface area contributed by atoms with Crippen molar-refractivity contribution in [3.05, 3.63) is 40.7 Å². The number of hydrogen-bond acceptors (Lipinski definition) is 4. The Balaban J connectivity index is 2.30. The molecule has 2 aromatic heterocycles. The zero-order valence-electron chi connectivity index (χ0n) is 12.1. The fraction of sp³-hybridized carbons (Fsp3) is 0.500. The molecule has 0 amide bonds. The number of rotatable bonds is 6. The van der Waals surface area contributed by atoms with Crippen molar-refractivity contribution in [2.24, 2.45) is 0 Å². The molecule has 0 aromatic carbocycles. The van der Waals surface area contributed by atoms with Gasteiger partial charge in [0.25, 0.3) is 0 Å². The Morgan fingerprint density at radius 3 is 2.75 bits per heavy atom. The van der Waals surface area contributed by atoms with Crippen LogP contribution < -0.4 is 5.32 Å². The van der Waals surface area contributed by atoms with Crippen molar-refractivity contribution in [3.8, 4) is 0 Å². The minimum absolute atomic E-state index is 0.0993. The maximum Gasteiger partial charge on any atom is 0.115 e. The standard InChI is InChI=1S/C14H20ClN5/c1-4-10-14(15)13(20(5-2)19-10)8-12(16-3)11-6-7-17-9-18-11/h6-7,9,12,16H,4-5,8H2,1-3H3. The largest absolute Gasteiger partial charge is 0.311 e. The highest BCUT2D eigenvalue weighted by Crippen LogP contribution is 2.26. The van der Waals surface area contributed by atoms with E-state index in [0.29, 0.717) is 0 Å². The highest BCUT2D eigenvalue weighted by molar-refractivity contribution is 6.31. The van der Waals surface area contributed by atoms with E-state index < -0.39 is 0 Å². The third-order valence-corrected chi connectivity index (χ3v) is 3.84. The van der Waals surface area contributed by atoms with Crippen LogP contribution in [0.1, 0.15) is 37.0 Å². The van der Waals surface area contributed by atoms with Crippen LogP contribution in [0.15, 0.2) is 18.6 Å². The second-order valence-electron chi connectivity index (χ2n) is 4.56. The van der Waals surface area contributed by atoms with E-state index in [9.17, 15) is 0 Å². The average molecular weight is 294 g/mol. The Kier molecular flexibility index (Phi) is 5.09. The predicted molar refractivity (Wildman–Crippen MR) is 79.8 cm³/mol. The van der Waals surface area contributed by atoms with Gasteiger partial charge >= 0.3 is 0 Å². The molecular formula is C14H20ClN5. The lowest BCUT2D eigenvalue weighted by Gasteiger charge is -2.16. The second-order valence-corrected chi connectivity index (χ2v) is 4.93. The molecule has 0 saturated heterocycles. The SMILES string of the molecule is CCc1nn(CC)c(CC(NC)c2ccncn2)c1Cl. The van der Waals surface area contributed by atoms with Gasteiger partial charge in [-0.2, -0.15) is 5.10 Å². The quantitative estimate of drug-likeness (QED) is 0.889. The summed E-state index contributed by atoms with van der Waals surface area (Å²) in [6.07, 6.45) is 4.92. The first kappa shape index (κ1) is 14.9. The van der Waals surface area contributed by atoms with Crippen LogP contribution in [0.4, 0.5) is 0 Å². The molecule has 0 bridgehead atoms. The number of nitrogens with one attached hydrogen (secondary N) is 1. The van der Waals surface area contributed by atoms with Gasteiger partial charge in [-0.3, -0.25) is 4.68 Å². The van der Waals surface area contributed by atoms with Crippen LogP contribution in [0.25, 0.3) is 0 Å². The number of nitrogens with zero attached hydrogens (tertiary/aromatic N) is 4. The van der Waals surface area contributed by atoms with Crippen molar-refractivity contribution < 1.29 is 0 Å². The molecule has 6 heteroatoms. The van der Waals surface area contributed by atoms with Gasteiger partial charge in [0.2, 0.25) is 0 Å². The molecule has 1 atom stereocenters. The molecule has 20 heavy (non-hydrogen) atoms. The van der Waals surface area contributed by atoms with E-state index in [0.717, 1.165) is 41.5 Å². The van der Waals surface area contributed by atoms with Gasteiger partial charge in [-0.1, -0.05) is 18.5 Å². The van der Waals surface area contributed by atoms with Crippen molar-refractivity contribution in [2.45, 2.75) is 39.3 Å². The van der Waals surface area contributed by atoms with E-state index in [1.807, 2.05) is 17.8 Å². The Labute approximate surface area is 124 Å². The van der Waals surface area contributed by atoms with Crippen LogP contribution in [0, 0.1) is 0 Å². The molecule has 108 valence electrons. The van der Waals surface area contributed by atoms with Gasteiger partial charge in [0.15, 0.2) is 0 Å². The molecule has 0 fully saturated rings. The zero-order chi connectivity index (χ0) is 14.5. The van der Waals surface area contributed by atoms with Crippen LogP contribution in [-0.4, -0.2) is 26.8 Å². The number of likely N-dealkylation sites (N-methyl/N-ethyl adjacent to an activating group) is 1. The minimum Gasteiger partial charge on any atom is -0.311 e. The summed E-state index contributed by atoms with van der Waals surface area (Å²) >= 11 is 6.45. The summed E-state index contributed by atoms with van der Waals surface area (Å²) in [5.41, 5.74) is 2.98. The molecule has 0 aliphatic heterocycles. The molecular weight excluding hydrogens is 274 g/mol. The van der Waals surface area contributed by atoms with Crippen molar-refractivity contribution in [3.63, 3.8) is 0 Å². The third kappa shape index (κ3) is 2.99. The normalized spacial score (nSPS) is 12.6. The van der Waals surface area contributed by atoms with Gasteiger partial charge in [-0.25, -0.2) is 9.97 Å². The summed E-state index contributed by atoms with van der Waals surface area (Å²) in [6.45, 7) is 4.96. The van der Waals surface area contributed by atoms with Gasteiger partial charge in [0.05, 0.1) is 28.1 Å². The van der Waals surface area contributed by atoms with Crippen LogP contribution in [0.5, 0.6) is 0 Å². The average Bonchev–Trinajstić information content (AvgIpc) is 2.81. The second kappa shape index (κ2) is 6.81. The van der Waals surface area contributed by atoms with E-state index in [4.69, 9.17) is 11.6 Å². The zero-order valence-corrected chi connectivity index (χ0v) is 12.9. The van der Waals surface area contributed by atoms with E-state index in [-0.39, 0.29) is 6.04 Å². The van der Waals surface area contributed by atoms with E-state index >= 15 is 0 Å². The number of aryl methyl sites for hydroxylation is 2. The van der Waals surface area contributed by atoms with Crippen LogP contribution in [-0.2, 0) is 19.4 Å². The van der Waals surface area contributed by atoms with Crippen molar-refractivity contribution >= 4 is 11.6 Å². The van der Waals surface area contributed by atoms with E-state index in [1.165, 1.54) is 0 Å². The van der Waals surface area contributed by atoms with E-state index in [1.54, 1.807) is 12.5 Å². The Morgan fingerprint density at radius 1 is 1.40 bits per heavy atom. The molecule has 1 unspecified atom stereocenters. The third-order valence-electron chi connectivity index (χ3n) is 3.40. The van der Waals surface area contributed by atoms with Crippen LogP contribution in [0.3, 0.4) is 0 Å². The Bertz CT molecular complexity index is 552. The predicted octanol–water partition coefficient (Wildman–Crippen LogP) is 2.41. The molecule has 2 heterocycles. The lowest BCUT2D eigenvalue weighted by Crippen LogP contribution is -2.21. The lowest BCUT2D eigenvalue weighted by atomic mass is 10.1. The summed E-state index contributed by atoms with van der Waals surface area (Å²) < 4.78 is 1.98. The highest BCUT2D eigenvalue weighted by atomic mass is 35.5. The maximum atomic E-state index is 6.45. The van der Waals surface area contributed by atoms with Crippen LogP contribution in [0.2, 0.25) is 5.02 Å². The van der Waals surface area contributed by atoms with Gasteiger partial charge in [-0.15, -0.1) is 0 Å². The Morgan fingerprint density at radius 2 is 2.20 bits per heavy atom. The lowest BCUT2D eigenvalue weighted by molar-refractivity contribution is 0.530. The smallest absolute Gasteiger partial charge is 0.115 e. The van der Waals surface area contributed by atoms with Gasteiger partial charge in [0.1, 0.15) is 6.33 Å². The highest BCUT2D eigenvalue weighted by Gasteiger charge is 2.19. The van der Waals surface area contributed by atoms with Crippen molar-refractivity contribution in [1.29, 1.82) is 0 Å². The molecule has 1 N–H and O–H groups in total. The summed E-state index contributed by atoms with van der Waals surface area (Å²) in [6, 6.07) is 2.02. The fourth-order valence-corrected chi connectivity index (χ4v) is 2.61. The summed E-state index contributed by atoms with van der Waals surface area (Å²) in [5, 5.41) is 8.62. The first-order valence-corrected chi connectivity index (χ1v) is 7.26. The number of aromatic nitrogens is 4. The maximum absolute atomic E-state index is 6.45. The van der Waals surface area contributed by atoms with Crippen molar-refractivity contribution in [1.82, 2.24) is 25.1 Å². The molecule has 2 aromatic rings. The van der Waals surface area contributed by atoms with Gasteiger partial charge in [-0.05, 0) is 26.5 Å². The molecule has 0 aliphatic carbocycles. The molecule has 0 aliphatic rings. The molecule has 0 saturated carbocycles. The van der Waals surface area contributed by atoms with E-state index in [2.05, 4.69) is 34.2 Å². The van der Waals surface area contributed by atoms with Crippen molar-refractivity contribution in [2.75, 3.05) is 7.05 Å². The summed E-state index contributed by atoms with van der Waals surface area (Å²) in [5.74, 6) is 0. The minimum atomic E-state index is 0.0993. The van der Waals surface area contributed by atoms with Gasteiger partial charge in [0, 0.05) is 19.2 Å². The fourth-order valence-electron chi connectivity index (χ4n) is 2.27. The molecule has 0 spiro atoms. The van der Waals surface area contributed by atoms with Gasteiger partial charge < -0.3 is 5.32 Å². The first-order valence-electron chi connectivity index (χ1n) is 6.88. The topological polar surface area (TPSA) is 55.6 Å². The molecule has 2 rings (SSSR count). The first-order chi connectivity index (χ1) is 9.71. The summed E-state index contributed by atoms with van der Waals surface area (Å²) in [4.78, 5) is 8.27. The Hall–Kier alpha value is -1.46. The summed E-state index contributed by atoms with van der Waals surface area (Å²) in [7, 11) is 1.92.